The largest absolute Gasteiger partial charge is 0.454 e. The van der Waals surface area contributed by atoms with Crippen molar-refractivity contribution in [2.24, 2.45) is 0 Å². The molecule has 0 aliphatic carbocycles. The maximum Gasteiger partial charge on any atom is 0.306 e. The highest BCUT2D eigenvalue weighted by Crippen LogP contribution is 2.26. The van der Waals surface area contributed by atoms with Crippen LogP contribution in [0.5, 0.6) is 0 Å². The molecule has 1 aliphatic heterocycles. The van der Waals surface area contributed by atoms with Gasteiger partial charge < -0.3 is 45.1 Å². The van der Waals surface area contributed by atoms with Crippen molar-refractivity contribution in [1.82, 2.24) is 5.32 Å². The summed E-state index contributed by atoms with van der Waals surface area (Å²) >= 11 is 0. The van der Waals surface area contributed by atoms with Crippen molar-refractivity contribution in [3.63, 3.8) is 0 Å². The van der Waals surface area contributed by atoms with Gasteiger partial charge in [0.25, 0.3) is 0 Å². The van der Waals surface area contributed by atoms with Crippen LogP contribution in [-0.2, 0) is 23.8 Å². The van der Waals surface area contributed by atoms with Gasteiger partial charge in [0.15, 0.2) is 12.4 Å². The van der Waals surface area contributed by atoms with Crippen molar-refractivity contribution in [1.29, 1.82) is 0 Å². The molecule has 0 bridgehead atoms. The van der Waals surface area contributed by atoms with Gasteiger partial charge >= 0.3 is 5.97 Å². The number of hydrogen-bond donors (Lipinski definition) is 6. The first kappa shape index (κ1) is 72.6. The first-order valence-corrected chi connectivity index (χ1v) is 32.4. The zero-order valence-electron chi connectivity index (χ0n) is 49.8. The Bertz CT molecular complexity index is 1440. The number of allylic oxidation sites excluding steroid dienone is 7. The summed E-state index contributed by atoms with van der Waals surface area (Å²) in [5, 5.41) is 56.9. The fourth-order valence-corrected chi connectivity index (χ4v) is 10.0. The van der Waals surface area contributed by atoms with Gasteiger partial charge in [0, 0.05) is 6.42 Å². The van der Waals surface area contributed by atoms with Crippen LogP contribution in [0.2, 0.25) is 0 Å². The zero-order valence-corrected chi connectivity index (χ0v) is 49.8. The van der Waals surface area contributed by atoms with E-state index in [4.69, 9.17) is 14.2 Å². The molecule has 0 spiro atoms. The van der Waals surface area contributed by atoms with Gasteiger partial charge in [-0.2, -0.15) is 0 Å². The molecule has 1 aliphatic rings. The Labute approximate surface area is 472 Å². The molecule has 8 unspecified atom stereocenters. The number of rotatable bonds is 55. The minimum absolute atomic E-state index is 0.124. The Morgan fingerprint density at radius 1 is 0.506 bits per heavy atom. The number of aliphatic hydroxyl groups excluding tert-OH is 5. The zero-order chi connectivity index (χ0) is 56.1. The second kappa shape index (κ2) is 54.2. The lowest BCUT2D eigenvalue weighted by molar-refractivity contribution is -0.305. The Hall–Kier alpha value is -2.38. The van der Waals surface area contributed by atoms with E-state index in [9.17, 15) is 35.1 Å². The topological polar surface area (TPSA) is 175 Å². The lowest BCUT2D eigenvalue weighted by atomic mass is 9.99. The number of hydrogen-bond acceptors (Lipinski definition) is 10. The highest BCUT2D eigenvalue weighted by atomic mass is 16.7. The number of carbonyl (C=O) groups is 2. The van der Waals surface area contributed by atoms with Gasteiger partial charge in [-0.05, 0) is 77.0 Å². The molecule has 1 amide bonds. The summed E-state index contributed by atoms with van der Waals surface area (Å²) in [5.74, 6) is -1.20. The highest BCUT2D eigenvalue weighted by molar-refractivity contribution is 5.80. The normalized spacial score (nSPS) is 19.3. The van der Waals surface area contributed by atoms with Gasteiger partial charge in [0.2, 0.25) is 5.91 Å². The van der Waals surface area contributed by atoms with E-state index in [1.54, 1.807) is 6.08 Å². The summed E-state index contributed by atoms with van der Waals surface area (Å²) in [4.78, 5) is 26.5. The molecule has 6 N–H and O–H groups in total. The van der Waals surface area contributed by atoms with E-state index in [1.165, 1.54) is 173 Å². The van der Waals surface area contributed by atoms with Crippen LogP contribution in [0.25, 0.3) is 0 Å². The molecule has 0 aromatic heterocycles. The van der Waals surface area contributed by atoms with Gasteiger partial charge in [-0.3, -0.25) is 9.59 Å². The third-order valence-corrected chi connectivity index (χ3v) is 15.2. The van der Waals surface area contributed by atoms with E-state index in [-0.39, 0.29) is 19.4 Å². The van der Waals surface area contributed by atoms with Crippen molar-refractivity contribution in [2.45, 2.75) is 346 Å². The molecule has 450 valence electrons. The Kier molecular flexibility index (Phi) is 51.1. The highest BCUT2D eigenvalue weighted by Gasteiger charge is 2.47. The van der Waals surface area contributed by atoms with Crippen LogP contribution in [0.3, 0.4) is 0 Å². The van der Waals surface area contributed by atoms with Crippen LogP contribution >= 0.6 is 0 Å². The van der Waals surface area contributed by atoms with Gasteiger partial charge in [0.05, 0.1) is 25.4 Å². The number of amides is 1. The summed E-state index contributed by atoms with van der Waals surface area (Å²) in [7, 11) is 0. The number of carbonyl (C=O) groups excluding carboxylic acids is 2. The van der Waals surface area contributed by atoms with Gasteiger partial charge in [0.1, 0.15) is 24.4 Å². The molecule has 1 saturated heterocycles. The van der Waals surface area contributed by atoms with Crippen LogP contribution in [0.1, 0.15) is 297 Å². The van der Waals surface area contributed by atoms with Crippen molar-refractivity contribution in [3.05, 3.63) is 48.6 Å². The average molecular weight is 1090 g/mol. The summed E-state index contributed by atoms with van der Waals surface area (Å²) in [5.41, 5.74) is 0. The van der Waals surface area contributed by atoms with E-state index in [0.29, 0.717) is 12.8 Å². The molecule has 0 saturated carbocycles. The molecule has 77 heavy (non-hydrogen) atoms. The smallest absolute Gasteiger partial charge is 0.306 e. The maximum absolute atomic E-state index is 13.4. The van der Waals surface area contributed by atoms with Gasteiger partial charge in [-0.1, -0.05) is 262 Å². The first-order valence-electron chi connectivity index (χ1n) is 32.4. The predicted octanol–water partition coefficient (Wildman–Crippen LogP) is 15.6. The van der Waals surface area contributed by atoms with Crippen LogP contribution in [0.4, 0.5) is 0 Å². The van der Waals surface area contributed by atoms with Crippen molar-refractivity contribution in [2.75, 3.05) is 13.2 Å². The Balaban J connectivity index is 2.56. The van der Waals surface area contributed by atoms with Crippen LogP contribution in [0.15, 0.2) is 48.6 Å². The quantitative estimate of drug-likeness (QED) is 0.0195. The first-order chi connectivity index (χ1) is 37.7. The second-order valence-electron chi connectivity index (χ2n) is 22.5. The summed E-state index contributed by atoms with van der Waals surface area (Å²) in [6.07, 6.45) is 55.9. The lowest BCUT2D eigenvalue weighted by Crippen LogP contribution is -2.61. The molecule has 1 fully saturated rings. The SMILES string of the molecule is CCCC/C=C\CCCCCCC(O)C(=O)NC(COC1OC(CO)C(O)C(O)C1OC(=O)CCCCCCCCCCCCCCCCC/C=C\C/C=C\CCCCC)C(O)/C=C/CCCCCCCCCCCCC. The molecule has 0 aromatic carbocycles. The third-order valence-electron chi connectivity index (χ3n) is 15.2. The summed E-state index contributed by atoms with van der Waals surface area (Å²) < 4.78 is 17.6. The van der Waals surface area contributed by atoms with Crippen molar-refractivity contribution < 1.29 is 49.3 Å². The lowest BCUT2D eigenvalue weighted by Gasteiger charge is -2.41. The molecule has 11 heteroatoms. The number of esters is 1. The second-order valence-corrected chi connectivity index (χ2v) is 22.5. The maximum atomic E-state index is 13.4. The van der Waals surface area contributed by atoms with E-state index >= 15 is 0 Å². The number of nitrogens with one attached hydrogen (secondary N) is 1. The minimum Gasteiger partial charge on any atom is -0.454 e. The van der Waals surface area contributed by atoms with E-state index in [0.717, 1.165) is 77.0 Å². The fourth-order valence-electron chi connectivity index (χ4n) is 10.0. The van der Waals surface area contributed by atoms with E-state index in [1.807, 2.05) is 6.08 Å². The standard InChI is InChI=1S/C66H121NO10/c1-4-7-10-13-16-19-22-24-25-26-27-28-29-30-31-32-33-34-35-37-39-42-45-48-51-54-61(71)77-64-63(73)62(72)60(55-68)76-66(64)75-56-57(58(69)52-49-46-43-41-38-36-23-20-17-14-11-8-5-2)67-65(74)59(70)53-50-47-44-40-21-18-15-12-9-6-3/h15-16,18-19,24-25,49,52,57-60,62-64,66,68-70,72-73H,4-14,17,20-23,26-48,50-51,53-56H2,1-3H3,(H,67,74)/b18-15-,19-16-,25-24-,52-49+. The summed E-state index contributed by atoms with van der Waals surface area (Å²) in [6, 6.07) is -1.03. The molecule has 8 atom stereocenters. The van der Waals surface area contributed by atoms with Crippen LogP contribution in [-0.4, -0.2) is 99.6 Å². The predicted molar refractivity (Wildman–Crippen MR) is 320 cm³/mol. The van der Waals surface area contributed by atoms with Crippen LogP contribution < -0.4 is 5.32 Å². The average Bonchev–Trinajstić information content (AvgIpc) is 3.43. The molecular weight excluding hydrogens is 967 g/mol. The molecule has 1 heterocycles. The minimum atomic E-state index is -1.61. The van der Waals surface area contributed by atoms with Crippen molar-refractivity contribution in [3.8, 4) is 0 Å². The molecule has 0 aromatic rings. The number of aliphatic hydroxyl groups is 5. The fraction of sp³-hybridized carbons (Fsp3) is 0.848. The van der Waals surface area contributed by atoms with Crippen molar-refractivity contribution >= 4 is 11.9 Å². The Morgan fingerprint density at radius 3 is 1.40 bits per heavy atom. The Morgan fingerprint density at radius 2 is 0.909 bits per heavy atom. The number of unbranched alkanes of at least 4 members (excludes halogenated alkanes) is 35. The monoisotopic (exact) mass is 1090 g/mol. The molecule has 11 nitrogen and oxygen atoms in total. The number of ether oxygens (including phenoxy) is 3. The van der Waals surface area contributed by atoms with Gasteiger partial charge in [-0.15, -0.1) is 0 Å². The molecule has 0 radical (unpaired) electrons. The molecule has 1 rings (SSSR count). The molecular formula is C66H121NO10. The van der Waals surface area contributed by atoms with Gasteiger partial charge in [-0.25, -0.2) is 0 Å². The third kappa shape index (κ3) is 42.2. The van der Waals surface area contributed by atoms with E-state index in [2.05, 4.69) is 62.5 Å². The van der Waals surface area contributed by atoms with E-state index < -0.39 is 67.4 Å². The summed E-state index contributed by atoms with van der Waals surface area (Å²) in [6.45, 7) is 5.73. The van der Waals surface area contributed by atoms with Crippen LogP contribution in [0, 0.1) is 0 Å².